The van der Waals surface area contributed by atoms with E-state index < -0.39 is 11.9 Å². The molecule has 0 bridgehead atoms. The van der Waals surface area contributed by atoms with Crippen molar-refractivity contribution in [2.24, 2.45) is 11.8 Å². The molecule has 7 heteroatoms. The quantitative estimate of drug-likeness (QED) is 0.773. The molecule has 0 radical (unpaired) electrons. The molecule has 1 fully saturated rings. The van der Waals surface area contributed by atoms with Gasteiger partial charge in [0.15, 0.2) is 0 Å². The van der Waals surface area contributed by atoms with Gasteiger partial charge < -0.3 is 20.6 Å². The highest BCUT2D eigenvalue weighted by Crippen LogP contribution is 2.27. The fourth-order valence-electron chi connectivity index (χ4n) is 3.36. The second-order valence-electron chi connectivity index (χ2n) is 6.63. The lowest BCUT2D eigenvalue weighted by atomic mass is 9.91. The molecule has 7 nitrogen and oxygen atoms in total. The molecule has 0 saturated carbocycles. The number of nitrogens with one attached hydrogen (secondary N) is 2. The number of carbonyl (C=O) groups is 3. The van der Waals surface area contributed by atoms with Crippen LogP contribution in [0.4, 0.5) is 16.2 Å². The third kappa shape index (κ3) is 3.50. The van der Waals surface area contributed by atoms with Crippen molar-refractivity contribution in [3.05, 3.63) is 23.8 Å². The normalized spacial score (nSPS) is 23.2. The Balaban J connectivity index is 1.68. The van der Waals surface area contributed by atoms with Gasteiger partial charge in [0.25, 0.3) is 0 Å². The Labute approximate surface area is 140 Å². The predicted molar refractivity (Wildman–Crippen MR) is 88.9 cm³/mol. The number of aryl methyl sites for hydroxylation is 1. The van der Waals surface area contributed by atoms with Crippen molar-refractivity contribution in [1.29, 1.82) is 0 Å². The predicted octanol–water partition coefficient (Wildman–Crippen LogP) is 2.15. The number of fused-ring (bicyclic) bond motifs is 1. The first kappa shape index (κ1) is 16.3. The average molecular weight is 331 g/mol. The fourth-order valence-corrected chi connectivity index (χ4v) is 3.36. The van der Waals surface area contributed by atoms with Crippen LogP contribution in [-0.2, 0) is 16.0 Å². The summed E-state index contributed by atoms with van der Waals surface area (Å²) in [6, 6.07) is 5.09. The molecular formula is C17H21N3O4. The molecular weight excluding hydrogens is 310 g/mol. The summed E-state index contributed by atoms with van der Waals surface area (Å²) in [5, 5.41) is 14.8. The number of benzene rings is 1. The number of hydrogen-bond donors (Lipinski definition) is 3. The highest BCUT2D eigenvalue weighted by atomic mass is 16.4. The number of urea groups is 1. The SMILES string of the molecule is CC1CC(C(=O)O)CN(C(=O)Nc2ccc3c(c2)CCC(=O)N3)C1. The Morgan fingerprint density at radius 1 is 1.29 bits per heavy atom. The van der Waals surface area contributed by atoms with E-state index in [1.54, 1.807) is 17.0 Å². The number of carbonyl (C=O) groups excluding carboxylic acids is 2. The highest BCUT2D eigenvalue weighted by Gasteiger charge is 2.32. The minimum Gasteiger partial charge on any atom is -0.481 e. The largest absolute Gasteiger partial charge is 0.481 e. The molecule has 0 spiro atoms. The maximum atomic E-state index is 12.5. The van der Waals surface area contributed by atoms with Gasteiger partial charge in [0.05, 0.1) is 5.92 Å². The minimum absolute atomic E-state index is 0.00121. The molecule has 24 heavy (non-hydrogen) atoms. The lowest BCUT2D eigenvalue weighted by molar-refractivity contribution is -0.143. The van der Waals surface area contributed by atoms with Crippen LogP contribution in [0.25, 0.3) is 0 Å². The zero-order valence-electron chi connectivity index (χ0n) is 13.5. The number of carboxylic acid groups (broad SMARTS) is 1. The number of likely N-dealkylation sites (tertiary alicyclic amines) is 1. The lowest BCUT2D eigenvalue weighted by Crippen LogP contribution is -2.47. The number of nitrogens with zero attached hydrogens (tertiary/aromatic N) is 1. The summed E-state index contributed by atoms with van der Waals surface area (Å²) in [6.07, 6.45) is 1.68. The summed E-state index contributed by atoms with van der Waals surface area (Å²) >= 11 is 0. The van der Waals surface area contributed by atoms with Crippen LogP contribution in [0.15, 0.2) is 18.2 Å². The Morgan fingerprint density at radius 2 is 2.08 bits per heavy atom. The number of rotatable bonds is 2. The van der Waals surface area contributed by atoms with Gasteiger partial charge in [-0.2, -0.15) is 0 Å². The topological polar surface area (TPSA) is 98.7 Å². The molecule has 1 aromatic carbocycles. The van der Waals surface area contributed by atoms with Crippen molar-refractivity contribution >= 4 is 29.3 Å². The maximum Gasteiger partial charge on any atom is 0.321 e. The van der Waals surface area contributed by atoms with E-state index in [0.29, 0.717) is 31.5 Å². The second-order valence-corrected chi connectivity index (χ2v) is 6.63. The first-order chi connectivity index (χ1) is 11.4. The summed E-state index contributed by atoms with van der Waals surface area (Å²) < 4.78 is 0. The lowest BCUT2D eigenvalue weighted by Gasteiger charge is -2.34. The van der Waals surface area contributed by atoms with Gasteiger partial charge in [0.1, 0.15) is 0 Å². The molecule has 3 amide bonds. The first-order valence-corrected chi connectivity index (χ1v) is 8.14. The molecule has 2 heterocycles. The van der Waals surface area contributed by atoms with Gasteiger partial charge in [0.2, 0.25) is 5.91 Å². The van der Waals surface area contributed by atoms with Crippen LogP contribution in [0.2, 0.25) is 0 Å². The summed E-state index contributed by atoms with van der Waals surface area (Å²) in [4.78, 5) is 36.6. The Morgan fingerprint density at radius 3 is 2.83 bits per heavy atom. The zero-order chi connectivity index (χ0) is 17.3. The van der Waals surface area contributed by atoms with Crippen LogP contribution < -0.4 is 10.6 Å². The molecule has 2 atom stereocenters. The first-order valence-electron chi connectivity index (χ1n) is 8.14. The standard InChI is InChI=1S/C17H21N3O4/c1-10-6-12(16(22)23)9-20(8-10)17(24)18-13-3-4-14-11(7-13)2-5-15(21)19-14/h3-4,7,10,12H,2,5-6,8-9H2,1H3,(H,18,24)(H,19,21)(H,22,23). The molecule has 128 valence electrons. The number of anilines is 2. The third-order valence-corrected chi connectivity index (χ3v) is 4.55. The molecule has 3 N–H and O–H groups in total. The van der Waals surface area contributed by atoms with Crippen LogP contribution in [0, 0.1) is 11.8 Å². The second kappa shape index (κ2) is 6.51. The van der Waals surface area contributed by atoms with E-state index in [-0.39, 0.29) is 24.4 Å². The zero-order valence-corrected chi connectivity index (χ0v) is 13.5. The van der Waals surface area contributed by atoms with Crippen LogP contribution in [0.5, 0.6) is 0 Å². The Bertz CT molecular complexity index is 688. The highest BCUT2D eigenvalue weighted by molar-refractivity contribution is 5.95. The molecule has 2 aliphatic heterocycles. The minimum atomic E-state index is -0.858. The van der Waals surface area contributed by atoms with E-state index in [0.717, 1.165) is 11.3 Å². The maximum absolute atomic E-state index is 12.5. The van der Waals surface area contributed by atoms with E-state index >= 15 is 0 Å². The smallest absolute Gasteiger partial charge is 0.321 e. The average Bonchev–Trinajstić information content (AvgIpc) is 2.54. The van der Waals surface area contributed by atoms with Crippen LogP contribution in [0.3, 0.4) is 0 Å². The summed E-state index contributed by atoms with van der Waals surface area (Å²) in [5.41, 5.74) is 2.42. The van der Waals surface area contributed by atoms with Gasteiger partial charge in [-0.05, 0) is 42.5 Å². The number of carboxylic acids is 1. The number of hydrogen-bond acceptors (Lipinski definition) is 3. The Hall–Kier alpha value is -2.57. The summed E-state index contributed by atoms with van der Waals surface area (Å²) in [6.45, 7) is 2.74. The number of amides is 3. The number of aliphatic carboxylic acids is 1. The van der Waals surface area contributed by atoms with E-state index in [9.17, 15) is 19.5 Å². The Kier molecular flexibility index (Phi) is 4.42. The molecule has 1 aromatic rings. The van der Waals surface area contributed by atoms with Crippen molar-refractivity contribution in [2.45, 2.75) is 26.2 Å². The molecule has 2 unspecified atom stereocenters. The van der Waals surface area contributed by atoms with Crippen molar-refractivity contribution in [3.8, 4) is 0 Å². The monoisotopic (exact) mass is 331 g/mol. The van der Waals surface area contributed by atoms with Crippen molar-refractivity contribution in [3.63, 3.8) is 0 Å². The molecule has 1 saturated heterocycles. The molecule has 3 rings (SSSR count). The van der Waals surface area contributed by atoms with Gasteiger partial charge in [0, 0.05) is 30.9 Å². The number of piperidine rings is 1. The van der Waals surface area contributed by atoms with Crippen LogP contribution in [-0.4, -0.2) is 41.0 Å². The molecule has 0 aromatic heterocycles. The van der Waals surface area contributed by atoms with Gasteiger partial charge in [-0.3, -0.25) is 9.59 Å². The molecule has 0 aliphatic carbocycles. The van der Waals surface area contributed by atoms with Gasteiger partial charge >= 0.3 is 12.0 Å². The van der Waals surface area contributed by atoms with Crippen molar-refractivity contribution in [1.82, 2.24) is 4.90 Å². The van der Waals surface area contributed by atoms with Crippen molar-refractivity contribution < 1.29 is 19.5 Å². The molecule has 2 aliphatic rings. The van der Waals surface area contributed by atoms with Crippen LogP contribution >= 0.6 is 0 Å². The van der Waals surface area contributed by atoms with E-state index in [1.807, 2.05) is 13.0 Å². The van der Waals surface area contributed by atoms with Gasteiger partial charge in [-0.15, -0.1) is 0 Å². The van der Waals surface area contributed by atoms with Crippen LogP contribution in [0.1, 0.15) is 25.3 Å². The van der Waals surface area contributed by atoms with Gasteiger partial charge in [-0.1, -0.05) is 6.92 Å². The summed E-state index contributed by atoms with van der Waals surface area (Å²) in [5.74, 6) is -1.22. The summed E-state index contributed by atoms with van der Waals surface area (Å²) in [7, 11) is 0. The van der Waals surface area contributed by atoms with Gasteiger partial charge in [-0.25, -0.2) is 4.79 Å². The van der Waals surface area contributed by atoms with Crippen molar-refractivity contribution in [2.75, 3.05) is 23.7 Å². The van der Waals surface area contributed by atoms with E-state index in [4.69, 9.17) is 0 Å². The van der Waals surface area contributed by atoms with E-state index in [1.165, 1.54) is 0 Å². The van der Waals surface area contributed by atoms with E-state index in [2.05, 4.69) is 10.6 Å². The third-order valence-electron chi connectivity index (χ3n) is 4.55. The fraction of sp³-hybridized carbons (Fsp3) is 0.471.